The number of benzene rings is 1. The minimum Gasteiger partial charge on any atom is -0.498 e. The molecule has 0 amide bonds. The lowest BCUT2D eigenvalue weighted by Gasteiger charge is -2.13. The summed E-state index contributed by atoms with van der Waals surface area (Å²) in [5, 5.41) is 9.79. The van der Waals surface area contributed by atoms with Crippen LogP contribution in [-0.2, 0) is 4.74 Å². The summed E-state index contributed by atoms with van der Waals surface area (Å²) in [5.74, 6) is 0.575. The predicted molar refractivity (Wildman–Crippen MR) is 52.2 cm³/mol. The van der Waals surface area contributed by atoms with Gasteiger partial charge in [0.1, 0.15) is 11.9 Å². The van der Waals surface area contributed by atoms with Crippen molar-refractivity contribution in [1.82, 2.24) is 0 Å². The SMILES string of the molecule is C/C=C(/OC)C(O)c1ccccc1. The number of aliphatic hydroxyl groups is 1. The van der Waals surface area contributed by atoms with E-state index in [4.69, 9.17) is 4.74 Å². The normalized spacial score (nSPS) is 13.9. The Morgan fingerprint density at radius 3 is 2.46 bits per heavy atom. The first-order valence-corrected chi connectivity index (χ1v) is 4.22. The summed E-state index contributed by atoms with van der Waals surface area (Å²) in [6.45, 7) is 1.84. The quantitative estimate of drug-likeness (QED) is 0.719. The Kier molecular flexibility index (Phi) is 3.53. The van der Waals surface area contributed by atoms with Crippen LogP contribution in [0.4, 0.5) is 0 Å². The highest BCUT2D eigenvalue weighted by Crippen LogP contribution is 2.20. The maximum Gasteiger partial charge on any atom is 0.136 e. The number of hydrogen-bond acceptors (Lipinski definition) is 2. The lowest BCUT2D eigenvalue weighted by atomic mass is 10.1. The van der Waals surface area contributed by atoms with Crippen LogP contribution in [0.2, 0.25) is 0 Å². The van der Waals surface area contributed by atoms with Gasteiger partial charge in [0.25, 0.3) is 0 Å². The van der Waals surface area contributed by atoms with Gasteiger partial charge in [-0.05, 0) is 18.6 Å². The molecular weight excluding hydrogens is 164 g/mol. The monoisotopic (exact) mass is 178 g/mol. The van der Waals surface area contributed by atoms with E-state index in [1.165, 1.54) is 0 Å². The Morgan fingerprint density at radius 1 is 1.38 bits per heavy atom. The van der Waals surface area contributed by atoms with E-state index in [1.54, 1.807) is 13.2 Å². The van der Waals surface area contributed by atoms with Crippen LogP contribution in [0.15, 0.2) is 42.2 Å². The molecule has 1 N–H and O–H groups in total. The molecule has 0 saturated carbocycles. The molecular formula is C11H14O2. The molecule has 0 aliphatic carbocycles. The molecule has 0 saturated heterocycles. The fourth-order valence-electron chi connectivity index (χ4n) is 1.19. The summed E-state index contributed by atoms with van der Waals surface area (Å²) < 4.78 is 5.03. The summed E-state index contributed by atoms with van der Waals surface area (Å²) in [6, 6.07) is 9.43. The number of aliphatic hydroxyl groups excluding tert-OH is 1. The summed E-state index contributed by atoms with van der Waals surface area (Å²) in [4.78, 5) is 0. The average molecular weight is 178 g/mol. The highest BCUT2D eigenvalue weighted by molar-refractivity contribution is 5.23. The van der Waals surface area contributed by atoms with Crippen LogP contribution in [0.25, 0.3) is 0 Å². The fraction of sp³-hybridized carbons (Fsp3) is 0.273. The summed E-state index contributed by atoms with van der Waals surface area (Å²) >= 11 is 0. The molecule has 1 unspecified atom stereocenters. The van der Waals surface area contributed by atoms with Gasteiger partial charge in [-0.3, -0.25) is 0 Å². The van der Waals surface area contributed by atoms with Gasteiger partial charge in [0.05, 0.1) is 7.11 Å². The minimum atomic E-state index is -0.656. The standard InChI is InChI=1S/C11H14O2/c1-3-10(13-2)11(12)9-7-5-4-6-8-9/h3-8,11-12H,1-2H3/b10-3+. The molecule has 0 aromatic heterocycles. The zero-order chi connectivity index (χ0) is 9.68. The Morgan fingerprint density at radius 2 is 2.00 bits per heavy atom. The molecule has 2 nitrogen and oxygen atoms in total. The van der Waals surface area contributed by atoms with Crippen LogP contribution in [0.5, 0.6) is 0 Å². The van der Waals surface area contributed by atoms with Gasteiger partial charge in [0.2, 0.25) is 0 Å². The highest BCUT2D eigenvalue weighted by Gasteiger charge is 2.11. The van der Waals surface area contributed by atoms with Crippen molar-refractivity contribution in [2.45, 2.75) is 13.0 Å². The van der Waals surface area contributed by atoms with Crippen molar-refractivity contribution in [1.29, 1.82) is 0 Å². The van der Waals surface area contributed by atoms with Crippen molar-refractivity contribution < 1.29 is 9.84 Å². The third-order valence-corrected chi connectivity index (χ3v) is 1.91. The second kappa shape index (κ2) is 4.67. The fourth-order valence-corrected chi connectivity index (χ4v) is 1.19. The van der Waals surface area contributed by atoms with Gasteiger partial charge in [0, 0.05) is 0 Å². The van der Waals surface area contributed by atoms with Gasteiger partial charge in [-0.15, -0.1) is 0 Å². The first kappa shape index (κ1) is 9.81. The minimum absolute atomic E-state index is 0.575. The molecule has 1 atom stereocenters. The van der Waals surface area contributed by atoms with E-state index in [1.807, 2.05) is 37.3 Å². The summed E-state index contributed by atoms with van der Waals surface area (Å²) in [7, 11) is 1.56. The van der Waals surface area contributed by atoms with Crippen molar-refractivity contribution >= 4 is 0 Å². The Bertz CT molecular complexity index is 277. The lowest BCUT2D eigenvalue weighted by Crippen LogP contribution is -2.02. The second-order valence-electron chi connectivity index (χ2n) is 2.71. The van der Waals surface area contributed by atoms with Gasteiger partial charge >= 0.3 is 0 Å². The molecule has 0 bridgehead atoms. The average Bonchev–Trinajstić information content (AvgIpc) is 2.21. The first-order valence-electron chi connectivity index (χ1n) is 4.22. The summed E-state index contributed by atoms with van der Waals surface area (Å²) in [6.07, 6.45) is 1.11. The number of hydrogen-bond donors (Lipinski definition) is 1. The molecule has 1 rings (SSSR count). The molecule has 0 aliphatic heterocycles. The zero-order valence-corrected chi connectivity index (χ0v) is 7.90. The predicted octanol–water partition coefficient (Wildman–Crippen LogP) is 2.27. The Labute approximate surface area is 78.5 Å². The Balaban J connectivity index is 2.85. The molecule has 1 aromatic rings. The van der Waals surface area contributed by atoms with Gasteiger partial charge in [-0.1, -0.05) is 30.3 Å². The van der Waals surface area contributed by atoms with Crippen LogP contribution in [0, 0.1) is 0 Å². The molecule has 70 valence electrons. The van der Waals surface area contributed by atoms with E-state index >= 15 is 0 Å². The molecule has 0 aliphatic rings. The van der Waals surface area contributed by atoms with Crippen molar-refractivity contribution in [2.24, 2.45) is 0 Å². The van der Waals surface area contributed by atoms with E-state index in [-0.39, 0.29) is 0 Å². The molecule has 2 heteroatoms. The molecule has 1 aromatic carbocycles. The largest absolute Gasteiger partial charge is 0.498 e. The lowest BCUT2D eigenvalue weighted by molar-refractivity contribution is 0.129. The van der Waals surface area contributed by atoms with E-state index in [0.717, 1.165) is 5.56 Å². The van der Waals surface area contributed by atoms with E-state index in [0.29, 0.717) is 5.76 Å². The van der Waals surface area contributed by atoms with Crippen LogP contribution >= 0.6 is 0 Å². The maximum atomic E-state index is 9.79. The topological polar surface area (TPSA) is 29.5 Å². The van der Waals surface area contributed by atoms with Gasteiger partial charge in [0.15, 0.2) is 0 Å². The zero-order valence-electron chi connectivity index (χ0n) is 7.90. The summed E-state index contributed by atoms with van der Waals surface area (Å²) in [5.41, 5.74) is 0.845. The second-order valence-corrected chi connectivity index (χ2v) is 2.71. The molecule has 0 fully saturated rings. The van der Waals surface area contributed by atoms with Crippen molar-refractivity contribution in [3.63, 3.8) is 0 Å². The van der Waals surface area contributed by atoms with E-state index in [2.05, 4.69) is 0 Å². The number of rotatable bonds is 3. The van der Waals surface area contributed by atoms with Crippen molar-refractivity contribution in [3.05, 3.63) is 47.7 Å². The Hall–Kier alpha value is -1.28. The number of allylic oxidation sites excluding steroid dienone is 1. The third kappa shape index (κ3) is 2.33. The number of methoxy groups -OCH3 is 1. The number of ether oxygens (including phenoxy) is 1. The third-order valence-electron chi connectivity index (χ3n) is 1.91. The molecule has 13 heavy (non-hydrogen) atoms. The molecule has 0 spiro atoms. The highest BCUT2D eigenvalue weighted by atomic mass is 16.5. The van der Waals surface area contributed by atoms with Crippen LogP contribution in [0.1, 0.15) is 18.6 Å². The van der Waals surface area contributed by atoms with E-state index in [9.17, 15) is 5.11 Å². The van der Waals surface area contributed by atoms with Crippen LogP contribution < -0.4 is 0 Å². The molecule has 0 heterocycles. The van der Waals surface area contributed by atoms with Gasteiger partial charge < -0.3 is 9.84 Å². The molecule has 0 radical (unpaired) electrons. The van der Waals surface area contributed by atoms with Gasteiger partial charge in [-0.2, -0.15) is 0 Å². The smallest absolute Gasteiger partial charge is 0.136 e. The van der Waals surface area contributed by atoms with Crippen molar-refractivity contribution in [3.8, 4) is 0 Å². The van der Waals surface area contributed by atoms with Crippen LogP contribution in [0.3, 0.4) is 0 Å². The van der Waals surface area contributed by atoms with Gasteiger partial charge in [-0.25, -0.2) is 0 Å². The first-order chi connectivity index (χ1) is 6.29. The van der Waals surface area contributed by atoms with Crippen molar-refractivity contribution in [2.75, 3.05) is 7.11 Å². The maximum absolute atomic E-state index is 9.79. The van der Waals surface area contributed by atoms with Crippen LogP contribution in [-0.4, -0.2) is 12.2 Å². The van der Waals surface area contributed by atoms with E-state index < -0.39 is 6.10 Å².